The number of hydrogen-bond acceptors (Lipinski definition) is 6. The molecule has 0 saturated carbocycles. The lowest BCUT2D eigenvalue weighted by Gasteiger charge is -2.39. The Morgan fingerprint density at radius 2 is 1.36 bits per heavy atom. The molecule has 0 spiro atoms. The standard InChI is InChI=1S/C15H35NO5Si/c1-12(2)16(13(3)4)15(14(5)17)21-10-9-11-22(18-6,19-7)20-8/h12-15,17H,9-11H2,1-8H3. The first-order chi connectivity index (χ1) is 10.2. The van der Waals surface area contributed by atoms with Crippen LogP contribution in [0.2, 0.25) is 6.04 Å². The second kappa shape index (κ2) is 10.7. The predicted octanol–water partition coefficient (Wildman–Crippen LogP) is 2.10. The third-order valence-electron chi connectivity index (χ3n) is 3.75. The average molecular weight is 338 g/mol. The van der Waals surface area contributed by atoms with E-state index in [1.54, 1.807) is 28.3 Å². The Balaban J connectivity index is 4.55. The van der Waals surface area contributed by atoms with Gasteiger partial charge in [0.1, 0.15) is 6.23 Å². The van der Waals surface area contributed by atoms with Gasteiger partial charge in [-0.15, -0.1) is 0 Å². The van der Waals surface area contributed by atoms with E-state index in [1.165, 1.54) is 0 Å². The van der Waals surface area contributed by atoms with Gasteiger partial charge < -0.3 is 23.1 Å². The van der Waals surface area contributed by atoms with Crippen molar-refractivity contribution in [2.24, 2.45) is 0 Å². The van der Waals surface area contributed by atoms with Crippen molar-refractivity contribution in [1.29, 1.82) is 0 Å². The van der Waals surface area contributed by atoms with Gasteiger partial charge in [-0.1, -0.05) is 0 Å². The minimum Gasteiger partial charge on any atom is -0.389 e. The highest BCUT2D eigenvalue weighted by Gasteiger charge is 2.37. The zero-order valence-corrected chi connectivity index (χ0v) is 16.5. The molecule has 0 saturated heterocycles. The fourth-order valence-corrected chi connectivity index (χ4v) is 4.40. The smallest absolute Gasteiger partial charge is 0.389 e. The first-order valence-electron chi connectivity index (χ1n) is 7.97. The maximum absolute atomic E-state index is 10.0. The molecule has 0 aliphatic rings. The largest absolute Gasteiger partial charge is 0.500 e. The Morgan fingerprint density at radius 1 is 0.909 bits per heavy atom. The van der Waals surface area contributed by atoms with Crippen LogP contribution in [0.15, 0.2) is 0 Å². The van der Waals surface area contributed by atoms with Crippen molar-refractivity contribution in [2.75, 3.05) is 27.9 Å². The van der Waals surface area contributed by atoms with E-state index in [2.05, 4.69) is 32.6 Å². The molecular weight excluding hydrogens is 302 g/mol. The molecule has 0 aliphatic carbocycles. The van der Waals surface area contributed by atoms with Crippen LogP contribution in [0.1, 0.15) is 41.0 Å². The van der Waals surface area contributed by atoms with Crippen LogP contribution in [-0.2, 0) is 18.0 Å². The van der Waals surface area contributed by atoms with Gasteiger partial charge in [0.15, 0.2) is 0 Å². The summed E-state index contributed by atoms with van der Waals surface area (Å²) in [7, 11) is 2.28. The Bertz CT molecular complexity index is 269. The molecule has 6 nitrogen and oxygen atoms in total. The number of nitrogens with zero attached hydrogens (tertiary/aromatic N) is 1. The topological polar surface area (TPSA) is 60.4 Å². The molecule has 2 atom stereocenters. The lowest BCUT2D eigenvalue weighted by atomic mass is 10.2. The van der Waals surface area contributed by atoms with Crippen LogP contribution >= 0.6 is 0 Å². The van der Waals surface area contributed by atoms with Crippen molar-refractivity contribution in [3.8, 4) is 0 Å². The van der Waals surface area contributed by atoms with E-state index < -0.39 is 14.9 Å². The van der Waals surface area contributed by atoms with E-state index in [4.69, 9.17) is 18.0 Å². The van der Waals surface area contributed by atoms with Crippen molar-refractivity contribution in [2.45, 2.75) is 71.5 Å². The Kier molecular flexibility index (Phi) is 10.7. The Morgan fingerprint density at radius 3 is 1.68 bits per heavy atom. The van der Waals surface area contributed by atoms with Gasteiger partial charge in [-0.3, -0.25) is 4.90 Å². The quantitative estimate of drug-likeness (QED) is 0.334. The summed E-state index contributed by atoms with van der Waals surface area (Å²) in [5, 5.41) is 10.0. The van der Waals surface area contributed by atoms with Gasteiger partial charge in [0.25, 0.3) is 0 Å². The minimum absolute atomic E-state index is 0.296. The summed E-state index contributed by atoms with van der Waals surface area (Å²) in [6.45, 7) is 10.7. The summed E-state index contributed by atoms with van der Waals surface area (Å²) in [6, 6.07) is 1.28. The van der Waals surface area contributed by atoms with Crippen LogP contribution < -0.4 is 0 Å². The van der Waals surface area contributed by atoms with Gasteiger partial charge in [0, 0.05) is 46.1 Å². The lowest BCUT2D eigenvalue weighted by molar-refractivity contribution is -0.141. The lowest BCUT2D eigenvalue weighted by Crippen LogP contribution is -2.51. The maximum atomic E-state index is 10.0. The van der Waals surface area contributed by atoms with E-state index in [0.29, 0.717) is 24.7 Å². The normalized spacial score (nSPS) is 15.8. The number of aliphatic hydroxyl groups excluding tert-OH is 1. The SMILES string of the molecule is CO[Si](CCCOC(C(C)O)N(C(C)C)C(C)C)(OC)OC. The Hall–Kier alpha value is -0.0231. The summed E-state index contributed by atoms with van der Waals surface area (Å²) < 4.78 is 22.1. The number of ether oxygens (including phenoxy) is 1. The molecule has 0 aliphatic heterocycles. The molecule has 134 valence electrons. The highest BCUT2D eigenvalue weighted by Crippen LogP contribution is 2.18. The molecule has 0 radical (unpaired) electrons. The predicted molar refractivity (Wildman–Crippen MR) is 89.7 cm³/mol. The molecule has 0 fully saturated rings. The summed E-state index contributed by atoms with van der Waals surface area (Å²) in [5.74, 6) is 0. The third-order valence-corrected chi connectivity index (χ3v) is 6.58. The fourth-order valence-electron chi connectivity index (χ4n) is 2.71. The molecule has 0 heterocycles. The molecule has 2 unspecified atom stereocenters. The van der Waals surface area contributed by atoms with Crippen LogP contribution in [-0.4, -0.2) is 71.2 Å². The summed E-state index contributed by atoms with van der Waals surface area (Å²) >= 11 is 0. The van der Waals surface area contributed by atoms with E-state index in [0.717, 1.165) is 6.42 Å². The van der Waals surface area contributed by atoms with Crippen molar-refractivity contribution in [3.63, 3.8) is 0 Å². The third kappa shape index (κ3) is 6.62. The van der Waals surface area contributed by atoms with Gasteiger partial charge in [0.05, 0.1) is 6.10 Å². The minimum atomic E-state index is -2.54. The molecular formula is C15H35NO5Si. The molecule has 0 aromatic heterocycles. The molecule has 22 heavy (non-hydrogen) atoms. The first-order valence-corrected chi connectivity index (χ1v) is 9.90. The molecule has 0 amide bonds. The first kappa shape index (κ1) is 22.0. The van der Waals surface area contributed by atoms with E-state index in [1.807, 2.05) is 0 Å². The van der Waals surface area contributed by atoms with Crippen LogP contribution in [0.4, 0.5) is 0 Å². The second-order valence-electron chi connectivity index (χ2n) is 6.04. The zero-order chi connectivity index (χ0) is 17.3. The van der Waals surface area contributed by atoms with Crippen molar-refractivity contribution in [3.05, 3.63) is 0 Å². The molecule has 0 aromatic carbocycles. The zero-order valence-electron chi connectivity index (χ0n) is 15.5. The highest BCUT2D eigenvalue weighted by atomic mass is 28.4. The maximum Gasteiger partial charge on any atom is 0.500 e. The molecule has 0 aromatic rings. The highest BCUT2D eigenvalue weighted by molar-refractivity contribution is 6.60. The van der Waals surface area contributed by atoms with Crippen molar-refractivity contribution < 1.29 is 23.1 Å². The second-order valence-corrected chi connectivity index (χ2v) is 9.13. The number of hydrogen-bond donors (Lipinski definition) is 1. The van der Waals surface area contributed by atoms with Gasteiger partial charge in [-0.25, -0.2) is 0 Å². The van der Waals surface area contributed by atoms with Crippen LogP contribution in [0, 0.1) is 0 Å². The number of aliphatic hydroxyl groups is 1. The summed E-state index contributed by atoms with van der Waals surface area (Å²) in [5.41, 5.74) is 0. The van der Waals surface area contributed by atoms with Gasteiger partial charge in [-0.2, -0.15) is 0 Å². The molecule has 1 N–H and O–H groups in total. The van der Waals surface area contributed by atoms with E-state index >= 15 is 0 Å². The van der Waals surface area contributed by atoms with Crippen LogP contribution in [0.3, 0.4) is 0 Å². The molecule has 0 rings (SSSR count). The van der Waals surface area contributed by atoms with E-state index in [-0.39, 0.29) is 6.23 Å². The van der Waals surface area contributed by atoms with Crippen molar-refractivity contribution >= 4 is 8.80 Å². The number of rotatable bonds is 12. The van der Waals surface area contributed by atoms with Gasteiger partial charge >= 0.3 is 8.80 Å². The molecule has 0 bridgehead atoms. The summed E-state index contributed by atoms with van der Waals surface area (Å²) in [6.07, 6.45) is -0.114. The van der Waals surface area contributed by atoms with Crippen LogP contribution in [0.25, 0.3) is 0 Å². The fraction of sp³-hybridized carbons (Fsp3) is 1.00. The van der Waals surface area contributed by atoms with Gasteiger partial charge in [0.2, 0.25) is 0 Å². The van der Waals surface area contributed by atoms with Gasteiger partial charge in [-0.05, 0) is 41.0 Å². The average Bonchev–Trinajstić information content (AvgIpc) is 2.45. The summed E-state index contributed by atoms with van der Waals surface area (Å²) in [4.78, 5) is 2.18. The Labute approximate surface area is 137 Å². The van der Waals surface area contributed by atoms with Crippen molar-refractivity contribution in [1.82, 2.24) is 4.90 Å². The van der Waals surface area contributed by atoms with Crippen LogP contribution in [0.5, 0.6) is 0 Å². The van der Waals surface area contributed by atoms with E-state index in [9.17, 15) is 5.11 Å². The molecule has 7 heteroatoms. The monoisotopic (exact) mass is 337 g/mol.